The van der Waals surface area contributed by atoms with Crippen molar-refractivity contribution in [2.24, 2.45) is 4.99 Å². The lowest BCUT2D eigenvalue weighted by Crippen LogP contribution is -2.47. The molecule has 0 bridgehead atoms. The number of nitrogens with zero attached hydrogens (tertiary/aromatic N) is 1. The summed E-state index contributed by atoms with van der Waals surface area (Å²) in [7, 11) is 0. The van der Waals surface area contributed by atoms with Crippen molar-refractivity contribution in [3.63, 3.8) is 0 Å². The molecule has 0 saturated carbocycles. The molecule has 0 aliphatic rings. The van der Waals surface area contributed by atoms with Crippen LogP contribution in [-0.4, -0.2) is 60.7 Å². The molecule has 0 atom stereocenters. The third kappa shape index (κ3) is 13.8. The number of alkyl carbamates (subject to hydrolysis) is 2. The average Bonchev–Trinajstić information content (AvgIpc) is 2.33. The summed E-state index contributed by atoms with van der Waals surface area (Å²) in [6.45, 7) is 11.6. The van der Waals surface area contributed by atoms with E-state index in [0.717, 1.165) is 0 Å². The summed E-state index contributed by atoms with van der Waals surface area (Å²) in [4.78, 5) is 27.7. The van der Waals surface area contributed by atoms with Crippen LogP contribution in [0.25, 0.3) is 0 Å². The molecule has 24 heavy (non-hydrogen) atoms. The predicted molar refractivity (Wildman–Crippen MR) is 91.0 cm³/mol. The van der Waals surface area contributed by atoms with Crippen molar-refractivity contribution in [1.29, 1.82) is 0 Å². The Kier molecular flexibility index (Phi) is 9.30. The van der Waals surface area contributed by atoms with Gasteiger partial charge in [-0.1, -0.05) is 0 Å². The summed E-state index contributed by atoms with van der Waals surface area (Å²) >= 11 is 0. The minimum absolute atomic E-state index is 0.0168. The monoisotopic (exact) mass is 346 g/mol. The highest BCUT2D eigenvalue weighted by Crippen LogP contribution is 2.07. The molecule has 0 aliphatic heterocycles. The molecule has 9 heteroatoms. The molecule has 0 radical (unpaired) electrons. The Morgan fingerprint density at radius 3 is 1.75 bits per heavy atom. The molecular weight excluding hydrogens is 316 g/mol. The molecule has 9 nitrogen and oxygen atoms in total. The summed E-state index contributed by atoms with van der Waals surface area (Å²) in [6.07, 6.45) is -1.47. The molecule has 0 spiro atoms. The van der Waals surface area contributed by atoms with E-state index in [1.165, 1.54) is 0 Å². The van der Waals surface area contributed by atoms with E-state index in [0.29, 0.717) is 13.1 Å². The quantitative estimate of drug-likeness (QED) is 0.334. The van der Waals surface area contributed by atoms with Crippen LogP contribution in [0.1, 0.15) is 41.5 Å². The standard InChI is InChI=1S/C15H30N4O5/c1-14(2,3)23-12(21)18-11(17-8-7-16-9-10-20)19-13(22)24-15(4,5)6/h16,20H,7-10H2,1-6H3,(H2,17,18,19,21,22). The first-order valence-corrected chi connectivity index (χ1v) is 7.79. The first kappa shape index (κ1) is 22.1. The molecule has 4 N–H and O–H groups in total. The largest absolute Gasteiger partial charge is 0.444 e. The maximum Gasteiger partial charge on any atom is 0.414 e. The second-order valence-electron chi connectivity index (χ2n) is 6.96. The molecule has 0 aromatic carbocycles. The van der Waals surface area contributed by atoms with Crippen molar-refractivity contribution >= 4 is 18.1 Å². The summed E-state index contributed by atoms with van der Waals surface area (Å²) in [5.41, 5.74) is -1.35. The van der Waals surface area contributed by atoms with Crippen LogP contribution in [0, 0.1) is 0 Å². The van der Waals surface area contributed by atoms with Crippen LogP contribution in [0.2, 0.25) is 0 Å². The molecule has 0 fully saturated rings. The number of hydrogen-bond acceptors (Lipinski definition) is 7. The number of carbonyl (C=O) groups is 2. The van der Waals surface area contributed by atoms with Gasteiger partial charge in [-0.2, -0.15) is 0 Å². The average molecular weight is 346 g/mol. The number of guanidine groups is 1. The zero-order valence-corrected chi connectivity index (χ0v) is 15.4. The lowest BCUT2D eigenvalue weighted by atomic mass is 10.2. The molecule has 0 heterocycles. The summed E-state index contributed by atoms with van der Waals surface area (Å²) in [5, 5.41) is 16.4. The molecular formula is C15H30N4O5. The molecule has 0 saturated heterocycles. The van der Waals surface area contributed by atoms with Gasteiger partial charge in [0, 0.05) is 13.1 Å². The van der Waals surface area contributed by atoms with E-state index in [4.69, 9.17) is 14.6 Å². The number of hydrogen-bond donors (Lipinski definition) is 4. The Bertz CT molecular complexity index is 406. The highest BCUT2D eigenvalue weighted by molar-refractivity contribution is 6.01. The number of rotatable bonds is 5. The first-order valence-electron chi connectivity index (χ1n) is 7.79. The van der Waals surface area contributed by atoms with Gasteiger partial charge in [0.15, 0.2) is 0 Å². The number of carbonyl (C=O) groups excluding carboxylic acids is 2. The maximum absolute atomic E-state index is 11.8. The molecule has 0 rings (SSSR count). The lowest BCUT2D eigenvalue weighted by molar-refractivity contribution is 0.0545. The SMILES string of the molecule is CC(C)(C)OC(=O)NC(=NCCNCCO)NC(=O)OC(C)(C)C. The van der Waals surface area contributed by atoms with Gasteiger partial charge < -0.3 is 19.9 Å². The summed E-state index contributed by atoms with van der Waals surface area (Å²) < 4.78 is 10.2. The number of aliphatic hydroxyl groups excluding tert-OH is 1. The van der Waals surface area contributed by atoms with Crippen LogP contribution in [0.4, 0.5) is 9.59 Å². The molecule has 0 aromatic rings. The fourth-order valence-electron chi connectivity index (χ4n) is 1.36. The number of aliphatic hydroxyl groups is 1. The van der Waals surface area contributed by atoms with E-state index < -0.39 is 23.4 Å². The molecule has 0 aliphatic carbocycles. The van der Waals surface area contributed by atoms with E-state index in [-0.39, 0.29) is 19.1 Å². The fourth-order valence-corrected chi connectivity index (χ4v) is 1.36. The summed E-state index contributed by atoms with van der Waals surface area (Å²) in [6, 6.07) is 0. The molecule has 0 unspecified atom stereocenters. The van der Waals surface area contributed by atoms with Crippen molar-refractivity contribution in [3.05, 3.63) is 0 Å². The van der Waals surface area contributed by atoms with Crippen LogP contribution < -0.4 is 16.0 Å². The van der Waals surface area contributed by atoms with Crippen molar-refractivity contribution in [2.45, 2.75) is 52.7 Å². The van der Waals surface area contributed by atoms with E-state index in [1.54, 1.807) is 41.5 Å². The molecule has 2 amide bonds. The van der Waals surface area contributed by atoms with E-state index in [9.17, 15) is 9.59 Å². The molecule has 0 aromatic heterocycles. The predicted octanol–water partition coefficient (Wildman–Crippen LogP) is 0.974. The van der Waals surface area contributed by atoms with Crippen LogP contribution in [0.5, 0.6) is 0 Å². The smallest absolute Gasteiger partial charge is 0.414 e. The Balaban J connectivity index is 4.73. The van der Waals surface area contributed by atoms with Crippen LogP contribution in [0.3, 0.4) is 0 Å². The minimum Gasteiger partial charge on any atom is -0.444 e. The number of nitrogens with one attached hydrogen (secondary N) is 3. The van der Waals surface area contributed by atoms with Crippen molar-refractivity contribution < 1.29 is 24.2 Å². The molecule has 140 valence electrons. The maximum atomic E-state index is 11.8. The number of amides is 2. The van der Waals surface area contributed by atoms with Gasteiger partial charge in [-0.15, -0.1) is 0 Å². The summed E-state index contributed by atoms with van der Waals surface area (Å²) in [5.74, 6) is -0.0655. The number of aliphatic imine (C=N–C) groups is 1. The van der Waals surface area contributed by atoms with E-state index >= 15 is 0 Å². The second-order valence-corrected chi connectivity index (χ2v) is 6.96. The van der Waals surface area contributed by atoms with Crippen molar-refractivity contribution in [1.82, 2.24) is 16.0 Å². The zero-order chi connectivity index (χ0) is 18.8. The van der Waals surface area contributed by atoms with Gasteiger partial charge in [-0.3, -0.25) is 15.6 Å². The van der Waals surface area contributed by atoms with Gasteiger partial charge in [0.2, 0.25) is 5.96 Å². The van der Waals surface area contributed by atoms with Gasteiger partial charge in [0.25, 0.3) is 0 Å². The Hall–Kier alpha value is -1.87. The lowest BCUT2D eigenvalue weighted by Gasteiger charge is -2.22. The van der Waals surface area contributed by atoms with Crippen LogP contribution in [0.15, 0.2) is 4.99 Å². The first-order chi connectivity index (χ1) is 10.9. The highest BCUT2D eigenvalue weighted by atomic mass is 16.6. The van der Waals surface area contributed by atoms with Gasteiger partial charge in [-0.25, -0.2) is 9.59 Å². The number of ether oxygens (including phenoxy) is 2. The minimum atomic E-state index is -0.736. The third-order valence-electron chi connectivity index (χ3n) is 2.09. The van der Waals surface area contributed by atoms with Gasteiger partial charge in [0.05, 0.1) is 13.2 Å². The topological polar surface area (TPSA) is 121 Å². The van der Waals surface area contributed by atoms with E-state index in [1.807, 2.05) is 0 Å². The normalized spacial score (nSPS) is 11.5. The third-order valence-corrected chi connectivity index (χ3v) is 2.09. The van der Waals surface area contributed by atoms with Crippen molar-refractivity contribution in [3.8, 4) is 0 Å². The van der Waals surface area contributed by atoms with Gasteiger partial charge >= 0.3 is 12.2 Å². The highest BCUT2D eigenvalue weighted by Gasteiger charge is 2.21. The van der Waals surface area contributed by atoms with Gasteiger partial charge in [-0.05, 0) is 41.5 Å². The zero-order valence-electron chi connectivity index (χ0n) is 15.4. The Labute approximate surface area is 143 Å². The Morgan fingerprint density at radius 2 is 1.38 bits per heavy atom. The van der Waals surface area contributed by atoms with Crippen LogP contribution >= 0.6 is 0 Å². The fraction of sp³-hybridized carbons (Fsp3) is 0.800. The van der Waals surface area contributed by atoms with Crippen molar-refractivity contribution in [2.75, 3.05) is 26.2 Å². The van der Waals surface area contributed by atoms with E-state index in [2.05, 4.69) is 20.9 Å². The van der Waals surface area contributed by atoms with Gasteiger partial charge in [0.1, 0.15) is 11.2 Å². The second kappa shape index (κ2) is 10.1. The van der Waals surface area contributed by atoms with Crippen LogP contribution in [-0.2, 0) is 9.47 Å². The Morgan fingerprint density at radius 1 is 0.917 bits per heavy atom.